The highest BCUT2D eigenvalue weighted by atomic mass is 79.9. The van der Waals surface area contributed by atoms with Crippen molar-refractivity contribution in [1.82, 2.24) is 4.90 Å². The lowest BCUT2D eigenvalue weighted by Crippen LogP contribution is -2.39. The number of hydrogen-bond donors (Lipinski definition) is 1. The topological polar surface area (TPSA) is 40.5 Å². The van der Waals surface area contributed by atoms with E-state index >= 15 is 0 Å². The summed E-state index contributed by atoms with van der Waals surface area (Å²) in [5.41, 5.74) is 0.557. The van der Waals surface area contributed by atoms with E-state index in [-0.39, 0.29) is 18.6 Å². The molecule has 98 valence electrons. The first-order chi connectivity index (χ1) is 8.52. The lowest BCUT2D eigenvalue weighted by atomic mass is 10.0. The van der Waals surface area contributed by atoms with E-state index in [1.54, 1.807) is 23.1 Å². The predicted octanol–water partition coefficient (Wildman–Crippen LogP) is 2.95. The van der Waals surface area contributed by atoms with Gasteiger partial charge in [-0.15, -0.1) is 0 Å². The van der Waals surface area contributed by atoms with Gasteiger partial charge in [0.1, 0.15) is 0 Å². The molecular formula is C13H15BrClNO2. The van der Waals surface area contributed by atoms with Crippen molar-refractivity contribution in [2.75, 3.05) is 13.2 Å². The monoisotopic (exact) mass is 331 g/mol. The Balaban J connectivity index is 2.25. The van der Waals surface area contributed by atoms with Gasteiger partial charge in [-0.25, -0.2) is 0 Å². The fraction of sp³-hybridized carbons (Fsp3) is 0.462. The number of aliphatic hydroxyl groups is 1. The third kappa shape index (κ3) is 2.71. The number of aliphatic hydroxyl groups excluding tert-OH is 1. The number of halogens is 2. The molecule has 0 spiro atoms. The van der Waals surface area contributed by atoms with E-state index in [1.165, 1.54) is 0 Å². The quantitative estimate of drug-likeness (QED) is 0.904. The molecule has 18 heavy (non-hydrogen) atoms. The lowest BCUT2D eigenvalue weighted by Gasteiger charge is -2.25. The van der Waals surface area contributed by atoms with E-state index < -0.39 is 0 Å². The van der Waals surface area contributed by atoms with Crippen molar-refractivity contribution in [1.29, 1.82) is 0 Å². The summed E-state index contributed by atoms with van der Waals surface area (Å²) < 4.78 is 0.783. The van der Waals surface area contributed by atoms with Gasteiger partial charge < -0.3 is 10.0 Å². The highest BCUT2D eigenvalue weighted by Crippen LogP contribution is 2.27. The molecule has 1 N–H and O–H groups in total. The maximum absolute atomic E-state index is 12.4. The molecule has 2 atom stereocenters. The van der Waals surface area contributed by atoms with Crippen molar-refractivity contribution in [3.05, 3.63) is 33.3 Å². The minimum Gasteiger partial charge on any atom is -0.394 e. The molecule has 1 fully saturated rings. The van der Waals surface area contributed by atoms with Crippen LogP contribution in [0.4, 0.5) is 0 Å². The molecule has 1 heterocycles. The predicted molar refractivity (Wildman–Crippen MR) is 74.8 cm³/mol. The van der Waals surface area contributed by atoms with Crippen LogP contribution in [0.2, 0.25) is 5.02 Å². The average Bonchev–Trinajstić information content (AvgIpc) is 2.68. The summed E-state index contributed by atoms with van der Waals surface area (Å²) in [6.45, 7) is 2.76. The summed E-state index contributed by atoms with van der Waals surface area (Å²) in [4.78, 5) is 14.1. The summed E-state index contributed by atoms with van der Waals surface area (Å²) in [6, 6.07) is 5.07. The summed E-state index contributed by atoms with van der Waals surface area (Å²) in [5, 5.41) is 9.91. The van der Waals surface area contributed by atoms with Crippen LogP contribution in [0.25, 0.3) is 0 Å². The summed E-state index contributed by atoms with van der Waals surface area (Å²) in [7, 11) is 0. The zero-order chi connectivity index (χ0) is 13.3. The van der Waals surface area contributed by atoms with Crippen LogP contribution in [0.1, 0.15) is 23.7 Å². The Hall–Kier alpha value is -0.580. The Labute approximate surface area is 120 Å². The average molecular weight is 333 g/mol. The largest absolute Gasteiger partial charge is 0.394 e. The number of carbonyl (C=O) groups is 1. The Kier molecular flexibility index (Phi) is 4.30. The number of amides is 1. The Morgan fingerprint density at radius 1 is 1.56 bits per heavy atom. The molecule has 1 saturated heterocycles. The van der Waals surface area contributed by atoms with E-state index in [0.717, 1.165) is 10.9 Å². The number of likely N-dealkylation sites (tertiary alicyclic amines) is 1. The maximum Gasteiger partial charge on any atom is 0.254 e. The molecule has 1 aliphatic heterocycles. The SMILES string of the molecule is CC1CCN(C(=O)c2cc(Cl)cc(Br)c2)C1CO. The van der Waals surface area contributed by atoms with Crippen LogP contribution in [0.15, 0.2) is 22.7 Å². The fourth-order valence-corrected chi connectivity index (χ4v) is 3.24. The maximum atomic E-state index is 12.4. The smallest absolute Gasteiger partial charge is 0.254 e. The van der Waals surface area contributed by atoms with Crippen LogP contribution in [-0.2, 0) is 0 Å². The fourth-order valence-electron chi connectivity index (χ4n) is 2.38. The molecule has 0 aliphatic carbocycles. The number of hydrogen-bond acceptors (Lipinski definition) is 2. The summed E-state index contributed by atoms with van der Waals surface area (Å²) in [6.07, 6.45) is 0.929. The molecule has 1 aromatic carbocycles. The third-order valence-corrected chi connectivity index (χ3v) is 4.12. The van der Waals surface area contributed by atoms with Gasteiger partial charge in [-0.05, 0) is 30.5 Å². The van der Waals surface area contributed by atoms with Crippen LogP contribution < -0.4 is 0 Å². The summed E-state index contributed by atoms with van der Waals surface area (Å²) >= 11 is 9.28. The Bertz CT molecular complexity index is 446. The van der Waals surface area contributed by atoms with Gasteiger partial charge in [-0.2, -0.15) is 0 Å². The van der Waals surface area contributed by atoms with Crippen LogP contribution >= 0.6 is 27.5 Å². The number of benzene rings is 1. The zero-order valence-corrected chi connectivity index (χ0v) is 12.4. The van der Waals surface area contributed by atoms with Gasteiger partial charge in [-0.1, -0.05) is 34.5 Å². The highest BCUT2D eigenvalue weighted by Gasteiger charge is 2.34. The molecule has 3 nitrogen and oxygen atoms in total. The van der Waals surface area contributed by atoms with Crippen molar-refractivity contribution in [3.8, 4) is 0 Å². The third-order valence-electron chi connectivity index (χ3n) is 3.44. The van der Waals surface area contributed by atoms with Crippen LogP contribution in [0.3, 0.4) is 0 Å². The molecule has 1 amide bonds. The first-order valence-electron chi connectivity index (χ1n) is 5.91. The van der Waals surface area contributed by atoms with E-state index in [1.807, 2.05) is 0 Å². The number of nitrogens with zero attached hydrogens (tertiary/aromatic N) is 1. The minimum absolute atomic E-state index is 0.00857. The molecule has 0 saturated carbocycles. The van der Waals surface area contributed by atoms with Gasteiger partial charge in [0.25, 0.3) is 5.91 Å². The van der Waals surface area contributed by atoms with Crippen molar-refractivity contribution in [2.45, 2.75) is 19.4 Å². The minimum atomic E-state index is -0.0877. The van der Waals surface area contributed by atoms with Crippen molar-refractivity contribution in [2.24, 2.45) is 5.92 Å². The Morgan fingerprint density at radius 3 is 2.89 bits per heavy atom. The van der Waals surface area contributed by atoms with Gasteiger partial charge in [0, 0.05) is 21.6 Å². The van der Waals surface area contributed by atoms with E-state index in [2.05, 4.69) is 22.9 Å². The number of rotatable bonds is 2. The van der Waals surface area contributed by atoms with Crippen molar-refractivity contribution in [3.63, 3.8) is 0 Å². The standard InChI is InChI=1S/C13H15BrClNO2/c1-8-2-3-16(12(8)7-17)13(18)9-4-10(14)6-11(15)5-9/h4-6,8,12,17H,2-3,7H2,1H3. The second kappa shape index (κ2) is 5.59. The second-order valence-electron chi connectivity index (χ2n) is 4.67. The molecule has 0 aromatic heterocycles. The first-order valence-corrected chi connectivity index (χ1v) is 7.08. The van der Waals surface area contributed by atoms with Gasteiger partial charge in [0.05, 0.1) is 12.6 Å². The molecule has 5 heteroatoms. The zero-order valence-electron chi connectivity index (χ0n) is 10.1. The molecule has 2 rings (SSSR count). The normalized spacial score (nSPS) is 23.4. The van der Waals surface area contributed by atoms with E-state index in [4.69, 9.17) is 11.6 Å². The van der Waals surface area contributed by atoms with Gasteiger partial charge >= 0.3 is 0 Å². The number of carbonyl (C=O) groups excluding carboxylic acids is 1. The summed E-state index contributed by atoms with van der Waals surface area (Å²) in [5.74, 6) is 0.267. The molecule has 0 radical (unpaired) electrons. The van der Waals surface area contributed by atoms with E-state index in [9.17, 15) is 9.90 Å². The van der Waals surface area contributed by atoms with Crippen molar-refractivity contribution < 1.29 is 9.90 Å². The molecule has 0 bridgehead atoms. The molecule has 1 aromatic rings. The molecular weight excluding hydrogens is 318 g/mol. The van der Waals surface area contributed by atoms with Crippen LogP contribution in [0.5, 0.6) is 0 Å². The molecule has 2 unspecified atom stereocenters. The second-order valence-corrected chi connectivity index (χ2v) is 6.02. The lowest BCUT2D eigenvalue weighted by molar-refractivity contribution is 0.0648. The highest BCUT2D eigenvalue weighted by molar-refractivity contribution is 9.10. The van der Waals surface area contributed by atoms with Crippen LogP contribution in [0, 0.1) is 5.92 Å². The Morgan fingerprint density at radius 2 is 2.28 bits per heavy atom. The first kappa shape index (κ1) is 13.8. The van der Waals surface area contributed by atoms with Gasteiger partial charge in [-0.3, -0.25) is 4.79 Å². The van der Waals surface area contributed by atoms with Gasteiger partial charge in [0.2, 0.25) is 0 Å². The molecule has 1 aliphatic rings. The van der Waals surface area contributed by atoms with Crippen LogP contribution in [-0.4, -0.2) is 35.1 Å². The van der Waals surface area contributed by atoms with E-state index in [0.29, 0.717) is 23.0 Å². The van der Waals surface area contributed by atoms with Gasteiger partial charge in [0.15, 0.2) is 0 Å². The van der Waals surface area contributed by atoms with Crippen molar-refractivity contribution >= 4 is 33.4 Å².